The summed E-state index contributed by atoms with van der Waals surface area (Å²) < 4.78 is 11.3. The predicted molar refractivity (Wildman–Crippen MR) is 89.1 cm³/mol. The standard InChI is InChI=1S/C19H22N2O2/c1-2-8-20-16(3-1)5-6-17-11-15(13-21-17)14-4-7-18-19(12-14)23-10-9-22-18/h1-4,7-8,12,15,17,21H,5-6,9-11,13H2. The van der Waals surface area contributed by atoms with Gasteiger partial charge in [0, 0.05) is 24.5 Å². The van der Waals surface area contributed by atoms with E-state index in [2.05, 4.69) is 34.6 Å². The Labute approximate surface area is 136 Å². The molecule has 4 nitrogen and oxygen atoms in total. The zero-order valence-corrected chi connectivity index (χ0v) is 13.2. The molecule has 120 valence electrons. The van der Waals surface area contributed by atoms with Crippen molar-refractivity contribution in [3.8, 4) is 11.5 Å². The number of pyridine rings is 1. The van der Waals surface area contributed by atoms with E-state index in [0.717, 1.165) is 30.9 Å². The summed E-state index contributed by atoms with van der Waals surface area (Å²) >= 11 is 0. The number of aromatic nitrogens is 1. The van der Waals surface area contributed by atoms with E-state index in [-0.39, 0.29) is 0 Å². The largest absolute Gasteiger partial charge is 0.486 e. The van der Waals surface area contributed by atoms with Crippen LogP contribution in [0.3, 0.4) is 0 Å². The first-order valence-electron chi connectivity index (χ1n) is 8.41. The van der Waals surface area contributed by atoms with Crippen molar-refractivity contribution >= 4 is 0 Å². The van der Waals surface area contributed by atoms with Crippen LogP contribution in [0.4, 0.5) is 0 Å². The van der Waals surface area contributed by atoms with E-state index in [1.807, 2.05) is 18.3 Å². The maximum Gasteiger partial charge on any atom is 0.161 e. The molecule has 1 N–H and O–H groups in total. The number of ether oxygens (including phenoxy) is 2. The maximum absolute atomic E-state index is 5.70. The van der Waals surface area contributed by atoms with Gasteiger partial charge in [-0.05, 0) is 55.0 Å². The monoisotopic (exact) mass is 310 g/mol. The van der Waals surface area contributed by atoms with Crippen molar-refractivity contribution < 1.29 is 9.47 Å². The Hall–Kier alpha value is -2.07. The van der Waals surface area contributed by atoms with Crippen molar-refractivity contribution in [1.82, 2.24) is 10.3 Å². The van der Waals surface area contributed by atoms with E-state index in [4.69, 9.17) is 9.47 Å². The number of fused-ring (bicyclic) bond motifs is 1. The highest BCUT2D eigenvalue weighted by Crippen LogP contribution is 2.35. The Bertz CT molecular complexity index is 660. The molecule has 1 saturated heterocycles. The zero-order valence-electron chi connectivity index (χ0n) is 13.2. The quantitative estimate of drug-likeness (QED) is 0.943. The van der Waals surface area contributed by atoms with Gasteiger partial charge in [0.25, 0.3) is 0 Å². The SMILES string of the molecule is c1ccc(CCC2CC(c3ccc4c(c3)OCCO4)CN2)nc1. The Balaban J connectivity index is 1.36. The minimum atomic E-state index is 0.555. The Morgan fingerprint density at radius 2 is 2.00 bits per heavy atom. The van der Waals surface area contributed by atoms with Gasteiger partial charge >= 0.3 is 0 Å². The topological polar surface area (TPSA) is 43.4 Å². The molecule has 0 spiro atoms. The lowest BCUT2D eigenvalue weighted by Gasteiger charge is -2.20. The van der Waals surface area contributed by atoms with Crippen molar-refractivity contribution in [3.05, 3.63) is 53.9 Å². The number of aryl methyl sites for hydroxylation is 1. The lowest BCUT2D eigenvalue weighted by molar-refractivity contribution is 0.171. The predicted octanol–water partition coefficient (Wildman–Crippen LogP) is 2.93. The molecule has 3 heterocycles. The summed E-state index contributed by atoms with van der Waals surface area (Å²) in [6.45, 7) is 2.32. The molecule has 0 saturated carbocycles. The average molecular weight is 310 g/mol. The molecule has 2 atom stereocenters. The summed E-state index contributed by atoms with van der Waals surface area (Å²) in [5.74, 6) is 2.32. The highest BCUT2D eigenvalue weighted by Gasteiger charge is 2.26. The van der Waals surface area contributed by atoms with Crippen LogP contribution in [0, 0.1) is 0 Å². The first kappa shape index (κ1) is 14.5. The van der Waals surface area contributed by atoms with Crippen molar-refractivity contribution in [1.29, 1.82) is 0 Å². The minimum Gasteiger partial charge on any atom is -0.486 e. The third-order valence-corrected chi connectivity index (χ3v) is 4.73. The zero-order chi connectivity index (χ0) is 15.5. The molecular formula is C19H22N2O2. The summed E-state index contributed by atoms with van der Waals surface area (Å²) in [6.07, 6.45) is 5.21. The van der Waals surface area contributed by atoms with Crippen LogP contribution in [-0.2, 0) is 6.42 Å². The van der Waals surface area contributed by atoms with Gasteiger partial charge in [-0.15, -0.1) is 0 Å². The van der Waals surface area contributed by atoms with Crippen LogP contribution in [0.25, 0.3) is 0 Å². The van der Waals surface area contributed by atoms with Crippen LogP contribution < -0.4 is 14.8 Å². The van der Waals surface area contributed by atoms with Gasteiger partial charge in [0.2, 0.25) is 0 Å². The van der Waals surface area contributed by atoms with E-state index < -0.39 is 0 Å². The van der Waals surface area contributed by atoms with Gasteiger partial charge in [0.1, 0.15) is 13.2 Å². The van der Waals surface area contributed by atoms with Gasteiger partial charge in [0.05, 0.1) is 0 Å². The molecule has 0 aliphatic carbocycles. The number of hydrogen-bond acceptors (Lipinski definition) is 4. The average Bonchev–Trinajstić information content (AvgIpc) is 3.09. The van der Waals surface area contributed by atoms with Crippen LogP contribution in [0.15, 0.2) is 42.6 Å². The van der Waals surface area contributed by atoms with Crippen molar-refractivity contribution in [2.45, 2.75) is 31.2 Å². The number of rotatable bonds is 4. The van der Waals surface area contributed by atoms with Crippen LogP contribution in [0.1, 0.15) is 30.0 Å². The number of nitrogens with zero attached hydrogens (tertiary/aromatic N) is 1. The Kier molecular flexibility index (Phi) is 4.16. The van der Waals surface area contributed by atoms with E-state index in [1.165, 1.54) is 17.7 Å². The first-order chi connectivity index (χ1) is 11.4. The molecule has 0 amide bonds. The molecule has 23 heavy (non-hydrogen) atoms. The Morgan fingerprint density at radius 1 is 1.09 bits per heavy atom. The number of nitrogens with one attached hydrogen (secondary N) is 1. The smallest absolute Gasteiger partial charge is 0.161 e. The second-order valence-electron chi connectivity index (χ2n) is 6.30. The molecule has 2 aromatic rings. The van der Waals surface area contributed by atoms with Gasteiger partial charge in [-0.2, -0.15) is 0 Å². The highest BCUT2D eigenvalue weighted by molar-refractivity contribution is 5.45. The fourth-order valence-corrected chi connectivity index (χ4v) is 3.47. The normalized spacial score (nSPS) is 23.0. The lowest BCUT2D eigenvalue weighted by atomic mass is 9.94. The van der Waals surface area contributed by atoms with Gasteiger partial charge in [-0.1, -0.05) is 12.1 Å². The van der Waals surface area contributed by atoms with Crippen LogP contribution in [0.5, 0.6) is 11.5 Å². The lowest BCUT2D eigenvalue weighted by Crippen LogP contribution is -2.21. The second-order valence-corrected chi connectivity index (χ2v) is 6.30. The van der Waals surface area contributed by atoms with Gasteiger partial charge in [-0.3, -0.25) is 4.98 Å². The molecule has 1 aromatic carbocycles. The minimum absolute atomic E-state index is 0.555. The molecule has 4 heteroatoms. The highest BCUT2D eigenvalue weighted by atomic mass is 16.6. The summed E-state index contributed by atoms with van der Waals surface area (Å²) in [7, 11) is 0. The molecule has 1 aromatic heterocycles. The Morgan fingerprint density at radius 3 is 2.87 bits per heavy atom. The van der Waals surface area contributed by atoms with E-state index in [9.17, 15) is 0 Å². The van der Waals surface area contributed by atoms with Crippen LogP contribution in [0.2, 0.25) is 0 Å². The van der Waals surface area contributed by atoms with E-state index in [0.29, 0.717) is 25.2 Å². The van der Waals surface area contributed by atoms with Crippen molar-refractivity contribution in [2.24, 2.45) is 0 Å². The fourth-order valence-electron chi connectivity index (χ4n) is 3.47. The fraction of sp³-hybridized carbons (Fsp3) is 0.421. The molecule has 1 fully saturated rings. The van der Waals surface area contributed by atoms with Gasteiger partial charge < -0.3 is 14.8 Å². The van der Waals surface area contributed by atoms with Crippen LogP contribution >= 0.6 is 0 Å². The van der Waals surface area contributed by atoms with Crippen molar-refractivity contribution in [3.63, 3.8) is 0 Å². The summed E-state index contributed by atoms with van der Waals surface area (Å²) in [4.78, 5) is 4.41. The molecule has 2 unspecified atom stereocenters. The molecular weight excluding hydrogens is 288 g/mol. The first-order valence-corrected chi connectivity index (χ1v) is 8.41. The third-order valence-electron chi connectivity index (χ3n) is 4.73. The number of benzene rings is 1. The van der Waals surface area contributed by atoms with E-state index >= 15 is 0 Å². The van der Waals surface area contributed by atoms with Crippen molar-refractivity contribution in [2.75, 3.05) is 19.8 Å². The molecule has 0 bridgehead atoms. The summed E-state index contributed by atoms with van der Waals surface area (Å²) in [6, 6.07) is 13.1. The molecule has 4 rings (SSSR count). The number of hydrogen-bond donors (Lipinski definition) is 1. The summed E-state index contributed by atoms with van der Waals surface area (Å²) in [5, 5.41) is 3.66. The van der Waals surface area contributed by atoms with E-state index in [1.54, 1.807) is 0 Å². The van der Waals surface area contributed by atoms with Gasteiger partial charge in [-0.25, -0.2) is 0 Å². The molecule has 2 aliphatic rings. The molecule has 0 radical (unpaired) electrons. The second kappa shape index (κ2) is 6.59. The van der Waals surface area contributed by atoms with Crippen LogP contribution in [-0.4, -0.2) is 30.8 Å². The maximum atomic E-state index is 5.70. The molecule has 2 aliphatic heterocycles. The van der Waals surface area contributed by atoms with Gasteiger partial charge in [0.15, 0.2) is 11.5 Å². The third kappa shape index (κ3) is 3.32. The summed E-state index contributed by atoms with van der Waals surface area (Å²) in [5.41, 5.74) is 2.53.